The maximum Gasteiger partial charge on any atom is 0.266 e. The summed E-state index contributed by atoms with van der Waals surface area (Å²) in [5.41, 5.74) is 2.30. The number of hydrogen-bond donors (Lipinski definition) is 0. The number of oxazole rings is 1. The molecule has 4 rings (SSSR count). The fourth-order valence-corrected chi connectivity index (χ4v) is 3.97. The Hall–Kier alpha value is -3.53. The lowest BCUT2D eigenvalue weighted by Crippen LogP contribution is -2.43. The highest BCUT2D eigenvalue weighted by Crippen LogP contribution is 2.32. The van der Waals surface area contributed by atoms with Gasteiger partial charge in [-0.05, 0) is 50.5 Å². The highest BCUT2D eigenvalue weighted by Gasteiger charge is 2.32. The average Bonchev–Trinajstić information content (AvgIpc) is 3.45. The number of furan rings is 1. The molecule has 7 nitrogen and oxygen atoms in total. The Morgan fingerprint density at radius 3 is 2.67 bits per heavy atom. The van der Waals surface area contributed by atoms with Crippen LogP contribution in [0.3, 0.4) is 0 Å². The van der Waals surface area contributed by atoms with E-state index in [1.54, 1.807) is 12.1 Å². The molecular formula is C23H24N4O3. The van der Waals surface area contributed by atoms with Crippen LogP contribution in [0.15, 0.2) is 51.5 Å². The van der Waals surface area contributed by atoms with E-state index in [-0.39, 0.29) is 17.5 Å². The molecule has 0 N–H and O–H groups in total. The second-order valence-electron chi connectivity index (χ2n) is 7.39. The van der Waals surface area contributed by atoms with Gasteiger partial charge >= 0.3 is 0 Å². The number of anilines is 2. The first-order valence-electron chi connectivity index (χ1n) is 10.2. The third-order valence-corrected chi connectivity index (χ3v) is 5.57. The number of piperidine rings is 1. The Bertz CT molecular complexity index is 1060. The molecule has 154 valence electrons. The molecule has 0 bridgehead atoms. The standard InChI is InChI=1S/C23H24N4O3/c1-3-27(19-8-5-4-7-16(19)2)22(28)17-10-12-26(13-11-17)23-18(15-24)25-21(30-23)20-9-6-14-29-20/h4-9,14,17H,3,10-13H2,1-2H3. The van der Waals surface area contributed by atoms with Crippen LogP contribution in [0.25, 0.3) is 11.7 Å². The molecule has 0 saturated carbocycles. The van der Waals surface area contributed by atoms with Crippen LogP contribution in [0.4, 0.5) is 11.6 Å². The second-order valence-corrected chi connectivity index (χ2v) is 7.39. The van der Waals surface area contributed by atoms with Crippen molar-refractivity contribution < 1.29 is 13.6 Å². The van der Waals surface area contributed by atoms with Crippen molar-refractivity contribution in [3.8, 4) is 17.7 Å². The number of aryl methyl sites for hydroxylation is 1. The molecule has 1 saturated heterocycles. The zero-order chi connectivity index (χ0) is 21.1. The zero-order valence-electron chi connectivity index (χ0n) is 17.2. The van der Waals surface area contributed by atoms with Crippen LogP contribution in [0.5, 0.6) is 0 Å². The maximum absolute atomic E-state index is 13.2. The second kappa shape index (κ2) is 8.46. The van der Waals surface area contributed by atoms with Gasteiger partial charge in [-0.3, -0.25) is 4.79 Å². The van der Waals surface area contributed by atoms with Gasteiger partial charge in [-0.15, -0.1) is 0 Å². The summed E-state index contributed by atoms with van der Waals surface area (Å²) in [4.78, 5) is 21.3. The molecule has 0 atom stereocenters. The van der Waals surface area contributed by atoms with Crippen LogP contribution in [0.2, 0.25) is 0 Å². The predicted octanol–water partition coefficient (Wildman–Crippen LogP) is 4.38. The van der Waals surface area contributed by atoms with Crippen LogP contribution < -0.4 is 9.80 Å². The first-order chi connectivity index (χ1) is 14.6. The topological polar surface area (TPSA) is 86.5 Å². The normalized spacial score (nSPS) is 14.5. The Morgan fingerprint density at radius 1 is 1.27 bits per heavy atom. The third-order valence-electron chi connectivity index (χ3n) is 5.57. The Kier molecular flexibility index (Phi) is 5.57. The number of rotatable bonds is 5. The van der Waals surface area contributed by atoms with Crippen molar-refractivity contribution in [1.29, 1.82) is 5.26 Å². The van der Waals surface area contributed by atoms with Crippen LogP contribution in [-0.4, -0.2) is 30.5 Å². The molecule has 30 heavy (non-hydrogen) atoms. The van der Waals surface area contributed by atoms with E-state index in [0.29, 0.717) is 50.0 Å². The summed E-state index contributed by atoms with van der Waals surface area (Å²) < 4.78 is 11.2. The molecule has 3 heterocycles. The summed E-state index contributed by atoms with van der Waals surface area (Å²) in [6.07, 6.45) is 2.93. The summed E-state index contributed by atoms with van der Waals surface area (Å²) in [6, 6.07) is 13.6. The number of carbonyl (C=O) groups excluding carboxylic acids is 1. The lowest BCUT2D eigenvalue weighted by molar-refractivity contribution is -0.122. The number of aromatic nitrogens is 1. The number of benzene rings is 1. The quantitative estimate of drug-likeness (QED) is 0.627. The van der Waals surface area contributed by atoms with Gasteiger partial charge in [0.05, 0.1) is 6.26 Å². The predicted molar refractivity (Wildman–Crippen MR) is 113 cm³/mol. The van der Waals surface area contributed by atoms with Gasteiger partial charge in [-0.2, -0.15) is 10.2 Å². The van der Waals surface area contributed by atoms with E-state index in [2.05, 4.69) is 11.1 Å². The molecule has 1 aromatic carbocycles. The van der Waals surface area contributed by atoms with E-state index in [1.807, 2.05) is 47.9 Å². The number of nitriles is 1. The monoisotopic (exact) mass is 404 g/mol. The molecule has 3 aromatic rings. The summed E-state index contributed by atoms with van der Waals surface area (Å²) in [7, 11) is 0. The highest BCUT2D eigenvalue weighted by molar-refractivity contribution is 5.95. The number of amides is 1. The largest absolute Gasteiger partial charge is 0.459 e. The molecular weight excluding hydrogens is 380 g/mol. The van der Waals surface area contributed by atoms with E-state index in [1.165, 1.54) is 6.26 Å². The van der Waals surface area contributed by atoms with Crippen LogP contribution in [-0.2, 0) is 4.79 Å². The average molecular weight is 404 g/mol. The lowest BCUT2D eigenvalue weighted by Gasteiger charge is -2.34. The molecule has 1 aliphatic rings. The summed E-state index contributed by atoms with van der Waals surface area (Å²) >= 11 is 0. The van der Waals surface area contributed by atoms with E-state index < -0.39 is 0 Å². The SMILES string of the molecule is CCN(C(=O)C1CCN(c2oc(-c3ccco3)nc2C#N)CC1)c1ccccc1C. The maximum atomic E-state index is 13.2. The van der Waals surface area contributed by atoms with E-state index in [9.17, 15) is 10.1 Å². The van der Waals surface area contributed by atoms with Gasteiger partial charge in [-0.1, -0.05) is 18.2 Å². The summed E-state index contributed by atoms with van der Waals surface area (Å²) in [5.74, 6) is 1.32. The minimum absolute atomic E-state index is 0.0567. The smallest absolute Gasteiger partial charge is 0.266 e. The molecule has 1 aliphatic heterocycles. The van der Waals surface area contributed by atoms with Gasteiger partial charge in [-0.25, -0.2) is 0 Å². The summed E-state index contributed by atoms with van der Waals surface area (Å²) in [5, 5.41) is 9.47. The molecule has 1 amide bonds. The first-order valence-corrected chi connectivity index (χ1v) is 10.2. The molecule has 1 fully saturated rings. The number of para-hydroxylation sites is 1. The molecule has 7 heteroatoms. The minimum atomic E-state index is -0.0567. The van der Waals surface area contributed by atoms with Crippen molar-refractivity contribution >= 4 is 17.5 Å². The number of nitrogens with zero attached hydrogens (tertiary/aromatic N) is 4. The van der Waals surface area contributed by atoms with E-state index in [4.69, 9.17) is 8.83 Å². The zero-order valence-corrected chi connectivity index (χ0v) is 17.2. The molecule has 0 unspecified atom stereocenters. The van der Waals surface area contributed by atoms with Gasteiger partial charge in [0.25, 0.3) is 5.89 Å². The van der Waals surface area contributed by atoms with Crippen LogP contribution in [0, 0.1) is 24.2 Å². The fourth-order valence-electron chi connectivity index (χ4n) is 3.97. The van der Waals surface area contributed by atoms with Crippen molar-refractivity contribution in [2.75, 3.05) is 29.4 Å². The van der Waals surface area contributed by atoms with Crippen molar-refractivity contribution in [3.63, 3.8) is 0 Å². The molecule has 2 aromatic heterocycles. The van der Waals surface area contributed by atoms with Crippen molar-refractivity contribution in [1.82, 2.24) is 4.98 Å². The van der Waals surface area contributed by atoms with E-state index >= 15 is 0 Å². The Morgan fingerprint density at radius 2 is 2.03 bits per heavy atom. The Labute approximate surface area is 175 Å². The molecule has 0 aliphatic carbocycles. The van der Waals surface area contributed by atoms with Crippen LogP contribution in [0.1, 0.15) is 31.0 Å². The molecule has 0 spiro atoms. The van der Waals surface area contributed by atoms with Crippen molar-refractivity contribution in [2.45, 2.75) is 26.7 Å². The highest BCUT2D eigenvalue weighted by atomic mass is 16.4. The van der Waals surface area contributed by atoms with Crippen molar-refractivity contribution in [2.24, 2.45) is 5.92 Å². The number of hydrogen-bond acceptors (Lipinski definition) is 6. The van der Waals surface area contributed by atoms with Crippen LogP contribution >= 0.6 is 0 Å². The van der Waals surface area contributed by atoms with Gasteiger partial charge in [0.15, 0.2) is 5.76 Å². The third kappa shape index (κ3) is 3.69. The minimum Gasteiger partial charge on any atom is -0.459 e. The van der Waals surface area contributed by atoms with Gasteiger partial charge in [0.1, 0.15) is 6.07 Å². The van der Waals surface area contributed by atoms with E-state index in [0.717, 1.165) is 11.3 Å². The van der Waals surface area contributed by atoms with Gasteiger partial charge in [0.2, 0.25) is 17.5 Å². The van der Waals surface area contributed by atoms with Gasteiger partial charge < -0.3 is 18.6 Å². The van der Waals surface area contributed by atoms with Crippen molar-refractivity contribution in [3.05, 3.63) is 53.9 Å². The lowest BCUT2D eigenvalue weighted by atomic mass is 9.94. The Balaban J connectivity index is 1.47. The molecule has 0 radical (unpaired) electrons. The number of carbonyl (C=O) groups is 1. The summed E-state index contributed by atoms with van der Waals surface area (Å²) in [6.45, 7) is 5.92. The fraction of sp³-hybridized carbons (Fsp3) is 0.348. The first kappa shape index (κ1) is 19.8. The van der Waals surface area contributed by atoms with Gasteiger partial charge in [0, 0.05) is 31.2 Å².